The van der Waals surface area contributed by atoms with Crippen LogP contribution in [0.25, 0.3) is 6.08 Å². The van der Waals surface area contributed by atoms with Crippen LogP contribution in [-0.4, -0.2) is 16.2 Å². The Morgan fingerprint density at radius 2 is 2.38 bits per heavy atom. The zero-order valence-electron chi connectivity index (χ0n) is 7.44. The Morgan fingerprint density at radius 1 is 1.62 bits per heavy atom. The van der Waals surface area contributed by atoms with Crippen LogP contribution in [0.15, 0.2) is 29.0 Å². The van der Waals surface area contributed by atoms with Gasteiger partial charge in [0.25, 0.3) is 0 Å². The van der Waals surface area contributed by atoms with E-state index in [1.165, 1.54) is 0 Å². The van der Waals surface area contributed by atoms with Crippen LogP contribution < -0.4 is 0 Å². The zero-order valence-corrected chi connectivity index (χ0v) is 9.03. The summed E-state index contributed by atoms with van der Waals surface area (Å²) in [5, 5.41) is 9.01. The van der Waals surface area contributed by atoms with Gasteiger partial charge < -0.3 is 5.11 Å². The minimum atomic E-state index is -0.281. The molecule has 0 aliphatic heterocycles. The van der Waals surface area contributed by atoms with Crippen LogP contribution in [0.4, 0.5) is 0 Å². The molecule has 1 aromatic rings. The van der Waals surface area contributed by atoms with Gasteiger partial charge in [0.1, 0.15) is 0 Å². The van der Waals surface area contributed by atoms with Crippen LogP contribution in [0.2, 0.25) is 0 Å². The lowest BCUT2D eigenvalue weighted by atomic mass is 10.2. The Kier molecular flexibility index (Phi) is 4.12. The van der Waals surface area contributed by atoms with E-state index in [1.54, 1.807) is 19.3 Å². The number of halogens is 1. The van der Waals surface area contributed by atoms with Gasteiger partial charge in [-0.2, -0.15) is 0 Å². The van der Waals surface area contributed by atoms with E-state index in [2.05, 4.69) is 20.9 Å². The molecule has 0 aliphatic carbocycles. The summed E-state index contributed by atoms with van der Waals surface area (Å²) in [6.07, 6.45) is 7.80. The molecule has 13 heavy (non-hydrogen) atoms. The average Bonchev–Trinajstić information content (AvgIpc) is 2.03. The number of rotatable bonds is 3. The van der Waals surface area contributed by atoms with Crippen molar-refractivity contribution in [1.82, 2.24) is 4.98 Å². The van der Waals surface area contributed by atoms with Crippen LogP contribution in [-0.2, 0) is 0 Å². The summed E-state index contributed by atoms with van der Waals surface area (Å²) < 4.78 is 0.965. The van der Waals surface area contributed by atoms with Gasteiger partial charge in [0.15, 0.2) is 0 Å². The van der Waals surface area contributed by atoms with Crippen LogP contribution in [0.1, 0.15) is 18.9 Å². The van der Waals surface area contributed by atoms with E-state index < -0.39 is 0 Å². The van der Waals surface area contributed by atoms with Gasteiger partial charge in [-0.3, -0.25) is 4.98 Å². The van der Waals surface area contributed by atoms with E-state index in [0.717, 1.165) is 10.0 Å². The third-order valence-corrected chi connectivity index (χ3v) is 1.95. The fraction of sp³-hybridized carbons (Fsp3) is 0.300. The maximum Gasteiger partial charge on any atom is 0.0546 e. The van der Waals surface area contributed by atoms with Crippen molar-refractivity contribution in [2.75, 3.05) is 0 Å². The third kappa shape index (κ3) is 4.20. The number of aliphatic hydroxyl groups is 1. The largest absolute Gasteiger partial charge is 0.393 e. The van der Waals surface area contributed by atoms with Gasteiger partial charge in [-0.25, -0.2) is 0 Å². The maximum atomic E-state index is 9.01. The topological polar surface area (TPSA) is 33.1 Å². The molecule has 1 N–H and O–H groups in total. The molecule has 1 aromatic heterocycles. The molecule has 1 unspecified atom stereocenters. The molecular weight excluding hydrogens is 230 g/mol. The number of aromatic nitrogens is 1. The zero-order chi connectivity index (χ0) is 9.68. The lowest BCUT2D eigenvalue weighted by Crippen LogP contribution is -1.95. The Bertz CT molecular complexity index is 297. The summed E-state index contributed by atoms with van der Waals surface area (Å²) in [4.78, 5) is 4.02. The predicted molar refractivity (Wildman–Crippen MR) is 57.3 cm³/mol. The minimum absolute atomic E-state index is 0.281. The summed E-state index contributed by atoms with van der Waals surface area (Å²) in [6, 6.07) is 1.98. The normalized spacial score (nSPS) is 13.5. The van der Waals surface area contributed by atoms with Crippen LogP contribution in [0.5, 0.6) is 0 Å². The van der Waals surface area contributed by atoms with Crippen molar-refractivity contribution >= 4 is 22.0 Å². The predicted octanol–water partition coefficient (Wildman–Crippen LogP) is 2.63. The van der Waals surface area contributed by atoms with Gasteiger partial charge in [0.05, 0.1) is 6.10 Å². The van der Waals surface area contributed by atoms with Gasteiger partial charge >= 0.3 is 0 Å². The van der Waals surface area contributed by atoms with Crippen molar-refractivity contribution in [3.8, 4) is 0 Å². The van der Waals surface area contributed by atoms with Crippen LogP contribution in [0.3, 0.4) is 0 Å². The fourth-order valence-electron chi connectivity index (χ4n) is 0.921. The van der Waals surface area contributed by atoms with Crippen molar-refractivity contribution in [3.05, 3.63) is 34.6 Å². The van der Waals surface area contributed by atoms with E-state index in [1.807, 2.05) is 18.2 Å². The lowest BCUT2D eigenvalue weighted by Gasteiger charge is -1.97. The molecule has 0 radical (unpaired) electrons. The molecule has 1 rings (SSSR count). The lowest BCUT2D eigenvalue weighted by molar-refractivity contribution is 0.199. The Labute approximate surface area is 86.4 Å². The first-order valence-electron chi connectivity index (χ1n) is 4.13. The minimum Gasteiger partial charge on any atom is -0.393 e. The molecule has 0 saturated carbocycles. The number of nitrogens with zero attached hydrogens (tertiary/aromatic N) is 1. The van der Waals surface area contributed by atoms with E-state index in [0.29, 0.717) is 6.42 Å². The van der Waals surface area contributed by atoms with E-state index in [-0.39, 0.29) is 6.10 Å². The number of hydrogen-bond acceptors (Lipinski definition) is 2. The van der Waals surface area contributed by atoms with Gasteiger partial charge in [-0.15, -0.1) is 0 Å². The Balaban J connectivity index is 2.58. The quantitative estimate of drug-likeness (QED) is 0.883. The second-order valence-electron chi connectivity index (χ2n) is 2.92. The molecule has 0 fully saturated rings. The molecule has 1 heterocycles. The van der Waals surface area contributed by atoms with E-state index >= 15 is 0 Å². The second kappa shape index (κ2) is 5.14. The summed E-state index contributed by atoms with van der Waals surface area (Å²) in [7, 11) is 0. The first-order chi connectivity index (χ1) is 6.18. The molecule has 1 atom stereocenters. The van der Waals surface area contributed by atoms with E-state index in [4.69, 9.17) is 5.11 Å². The van der Waals surface area contributed by atoms with Crippen LogP contribution >= 0.6 is 15.9 Å². The number of aliphatic hydroxyl groups excluding tert-OH is 1. The average molecular weight is 242 g/mol. The highest BCUT2D eigenvalue weighted by atomic mass is 79.9. The molecule has 70 valence electrons. The molecule has 0 amide bonds. The summed E-state index contributed by atoms with van der Waals surface area (Å²) in [6.45, 7) is 1.77. The smallest absolute Gasteiger partial charge is 0.0546 e. The molecule has 3 heteroatoms. The van der Waals surface area contributed by atoms with Crippen molar-refractivity contribution < 1.29 is 5.11 Å². The second-order valence-corrected chi connectivity index (χ2v) is 3.84. The SMILES string of the molecule is CC(O)CC=Cc1cncc(Br)c1. The van der Waals surface area contributed by atoms with Crippen molar-refractivity contribution in [2.45, 2.75) is 19.4 Å². The first kappa shape index (κ1) is 10.4. The number of pyridine rings is 1. The fourth-order valence-corrected chi connectivity index (χ4v) is 1.30. The monoisotopic (exact) mass is 241 g/mol. The van der Waals surface area contributed by atoms with E-state index in [9.17, 15) is 0 Å². The molecular formula is C10H12BrNO. The summed E-state index contributed by atoms with van der Waals surface area (Å²) >= 11 is 3.34. The Hall–Kier alpha value is -0.670. The van der Waals surface area contributed by atoms with Gasteiger partial charge in [-0.1, -0.05) is 12.2 Å². The van der Waals surface area contributed by atoms with Crippen molar-refractivity contribution in [3.63, 3.8) is 0 Å². The number of hydrogen-bond donors (Lipinski definition) is 1. The molecule has 0 spiro atoms. The highest BCUT2D eigenvalue weighted by Gasteiger charge is 1.91. The van der Waals surface area contributed by atoms with Crippen molar-refractivity contribution in [1.29, 1.82) is 0 Å². The highest BCUT2D eigenvalue weighted by molar-refractivity contribution is 9.10. The van der Waals surface area contributed by atoms with Gasteiger partial charge in [-0.05, 0) is 40.9 Å². The van der Waals surface area contributed by atoms with Gasteiger partial charge in [0.2, 0.25) is 0 Å². The summed E-state index contributed by atoms with van der Waals surface area (Å²) in [5.41, 5.74) is 1.04. The summed E-state index contributed by atoms with van der Waals surface area (Å²) in [5.74, 6) is 0. The van der Waals surface area contributed by atoms with Gasteiger partial charge in [0, 0.05) is 16.9 Å². The maximum absolute atomic E-state index is 9.01. The Morgan fingerprint density at radius 3 is 3.00 bits per heavy atom. The van der Waals surface area contributed by atoms with Crippen molar-refractivity contribution in [2.24, 2.45) is 0 Å². The molecule has 0 saturated heterocycles. The van der Waals surface area contributed by atoms with Crippen LogP contribution in [0, 0.1) is 0 Å². The molecule has 0 bridgehead atoms. The highest BCUT2D eigenvalue weighted by Crippen LogP contribution is 2.11. The molecule has 2 nitrogen and oxygen atoms in total. The third-order valence-electron chi connectivity index (χ3n) is 1.51. The first-order valence-corrected chi connectivity index (χ1v) is 4.93. The standard InChI is InChI=1S/C10H12BrNO/c1-8(13)3-2-4-9-5-10(11)7-12-6-9/h2,4-8,13H,3H2,1H3. The molecule has 0 aliphatic rings. The molecule has 0 aromatic carbocycles.